The van der Waals surface area contributed by atoms with E-state index >= 15 is 0 Å². The number of hydrogen-bond donors (Lipinski definition) is 0. The molecule has 0 saturated carbocycles. The van der Waals surface area contributed by atoms with Crippen molar-refractivity contribution in [1.29, 1.82) is 0 Å². The smallest absolute Gasteiger partial charge is 0 e. The molecule has 0 aromatic carbocycles. The summed E-state index contributed by atoms with van der Waals surface area (Å²) in [5.41, 5.74) is 0. The summed E-state index contributed by atoms with van der Waals surface area (Å²) in [6, 6.07) is 0. The van der Waals surface area contributed by atoms with Crippen LogP contribution in [0.25, 0.3) is 0 Å². The van der Waals surface area contributed by atoms with Gasteiger partial charge in [0.2, 0.25) is 0 Å². The summed E-state index contributed by atoms with van der Waals surface area (Å²) in [7, 11) is 4.46. The molecule has 7 heavy (non-hydrogen) atoms. The molecule has 0 amide bonds. The summed E-state index contributed by atoms with van der Waals surface area (Å²) in [6.45, 7) is 0. The first-order valence-corrected chi connectivity index (χ1v) is 3.65. The van der Waals surface area contributed by atoms with Gasteiger partial charge in [0.15, 0.2) is 0 Å². The maximum absolute atomic E-state index is 10.2. The van der Waals surface area contributed by atoms with E-state index in [1.807, 2.05) is 0 Å². The van der Waals surface area contributed by atoms with Crippen molar-refractivity contribution in [3.05, 3.63) is 0 Å². The van der Waals surface area contributed by atoms with Crippen LogP contribution in [0.5, 0.6) is 0 Å². The minimum absolute atomic E-state index is 0. The van der Waals surface area contributed by atoms with Crippen LogP contribution in [0.15, 0.2) is 0 Å². The van der Waals surface area contributed by atoms with Crippen molar-refractivity contribution in [1.82, 2.24) is 0 Å². The van der Waals surface area contributed by atoms with Crippen LogP contribution in [-0.4, -0.2) is 119 Å². The maximum atomic E-state index is 10.2. The van der Waals surface area contributed by atoms with Crippen molar-refractivity contribution in [2.24, 2.45) is 0 Å². The third-order valence-corrected chi connectivity index (χ3v) is 0. The average Bonchev–Trinajstić information content (AvgIpc) is 0.918. The predicted molar refractivity (Wildman–Crippen MR) is 35.3 cm³/mol. The van der Waals surface area contributed by atoms with Gasteiger partial charge in [0.05, 0.1) is 0 Å². The zero-order chi connectivity index (χ0) is 2.71. The molecule has 0 bridgehead atoms. The Bertz CT molecular complexity index is 19.7. The van der Waals surface area contributed by atoms with Gasteiger partial charge in [-0.25, -0.2) is 0 Å². The third kappa shape index (κ3) is 35.0. The van der Waals surface area contributed by atoms with Crippen molar-refractivity contribution >= 4 is 138 Å². The molecule has 0 rings (SSSR count). The molecule has 4 radical (unpaired) electrons. The SMILES string of the molecule is P.[Ca].[F][Mo][Cl].[K].[Na]. The Balaban J connectivity index is -0.00000000333. The summed E-state index contributed by atoms with van der Waals surface area (Å²) < 4.78 is 10.2. The van der Waals surface area contributed by atoms with Gasteiger partial charge in [-0.15, -0.1) is 0 Å². The van der Waals surface area contributed by atoms with Crippen molar-refractivity contribution in [2.45, 2.75) is 0 Å². The second kappa shape index (κ2) is 30.3. The summed E-state index contributed by atoms with van der Waals surface area (Å²) in [6.07, 6.45) is 0. The third-order valence-electron chi connectivity index (χ3n) is 0. The Hall–Kier alpha value is 5.23. The largest absolute Gasteiger partial charge is 0 e. The fourth-order valence-corrected chi connectivity index (χ4v) is 0. The minimum atomic E-state index is -1.56. The Morgan fingerprint density at radius 3 is 1.43 bits per heavy atom. The molecule has 0 saturated heterocycles. The molecule has 32 valence electrons. The van der Waals surface area contributed by atoms with E-state index in [-0.39, 0.29) is 129 Å². The van der Waals surface area contributed by atoms with Gasteiger partial charge in [0.1, 0.15) is 0 Å². The Kier molecular flexibility index (Phi) is 128. The number of halogens is 2. The summed E-state index contributed by atoms with van der Waals surface area (Å²) in [5.74, 6) is 0. The summed E-state index contributed by atoms with van der Waals surface area (Å²) in [4.78, 5) is 0. The van der Waals surface area contributed by atoms with Gasteiger partial charge in [0, 0.05) is 119 Å². The number of hydrogen-bond acceptors (Lipinski definition) is 0. The van der Waals surface area contributed by atoms with E-state index in [1.165, 1.54) is 0 Å². The van der Waals surface area contributed by atoms with Gasteiger partial charge in [0.25, 0.3) is 0 Å². The van der Waals surface area contributed by atoms with Crippen LogP contribution in [-0.2, 0) is 18.0 Å². The molecule has 0 aliphatic carbocycles. The second-order valence-electron chi connectivity index (χ2n) is 0.0583. The first-order chi connectivity index (χ1) is 1.41. The van der Waals surface area contributed by atoms with Gasteiger partial charge < -0.3 is 0 Å². The standard InChI is InChI=1S/Ca.ClH.FH.K.Mo.Na.H3P/h;2*1H;;;;1H3/q;;;;+2;;/p-2. The quantitative estimate of drug-likeness (QED) is 0.435. The van der Waals surface area contributed by atoms with Crippen LogP contribution in [0.1, 0.15) is 0 Å². The minimum Gasteiger partial charge on any atom is 0 e. The van der Waals surface area contributed by atoms with Gasteiger partial charge in [-0.3, -0.25) is 0 Å². The first kappa shape index (κ1) is 29.5. The molecule has 0 N–H and O–H groups in total. The topological polar surface area (TPSA) is 0 Å². The van der Waals surface area contributed by atoms with Crippen LogP contribution in [0.4, 0.5) is 3.16 Å². The molecule has 0 aromatic rings. The van der Waals surface area contributed by atoms with E-state index in [9.17, 15) is 3.16 Å². The van der Waals surface area contributed by atoms with E-state index in [4.69, 9.17) is 0 Å². The summed E-state index contributed by atoms with van der Waals surface area (Å²) >= 11 is -1.56. The molecule has 0 aliphatic heterocycles. The fraction of sp³-hybridized carbons (Fsp3) is 0. The molecule has 0 heterocycles. The van der Waals surface area contributed by atoms with E-state index in [1.54, 1.807) is 0 Å². The molecule has 1 unspecified atom stereocenters. The maximum Gasteiger partial charge on any atom is 0 e. The summed E-state index contributed by atoms with van der Waals surface area (Å²) in [5, 5.41) is 0. The molecular formula is H3CaClFKMoNaP. The van der Waals surface area contributed by atoms with Gasteiger partial charge in [-0.2, -0.15) is 9.90 Å². The second-order valence-corrected chi connectivity index (χ2v) is 1.04. The van der Waals surface area contributed by atoms with Crippen molar-refractivity contribution < 1.29 is 21.2 Å². The van der Waals surface area contributed by atoms with Crippen molar-refractivity contribution in [2.75, 3.05) is 0 Å². The molecule has 0 aliphatic rings. The van der Waals surface area contributed by atoms with E-state index in [2.05, 4.69) is 9.42 Å². The zero-order valence-electron chi connectivity index (χ0n) is 4.58. The van der Waals surface area contributed by atoms with Gasteiger partial charge in [-0.1, -0.05) is 0 Å². The normalized spacial score (nSPS) is 2.57. The average molecular weight is 287 g/mol. The molecule has 1 atom stereocenters. The Labute approximate surface area is 154 Å². The zero-order valence-corrected chi connectivity index (χ0v) is 16.1. The fourth-order valence-electron chi connectivity index (χ4n) is 0. The van der Waals surface area contributed by atoms with E-state index in [0.717, 1.165) is 0 Å². The monoisotopic (exact) mass is 288 g/mol. The Morgan fingerprint density at radius 1 is 1.43 bits per heavy atom. The van der Waals surface area contributed by atoms with Crippen molar-refractivity contribution in [3.8, 4) is 0 Å². The van der Waals surface area contributed by atoms with Crippen LogP contribution in [0.2, 0.25) is 0 Å². The van der Waals surface area contributed by atoms with Crippen LogP contribution in [0.3, 0.4) is 0 Å². The van der Waals surface area contributed by atoms with Crippen LogP contribution < -0.4 is 0 Å². The van der Waals surface area contributed by atoms with E-state index in [0.29, 0.717) is 0 Å². The van der Waals surface area contributed by atoms with Crippen LogP contribution in [0, 0.1) is 0 Å². The first-order valence-electron chi connectivity index (χ1n) is 0.309. The molecule has 0 spiro atoms. The molecule has 0 nitrogen and oxygen atoms in total. The number of rotatable bonds is 0. The molecule has 0 aromatic heterocycles. The van der Waals surface area contributed by atoms with Gasteiger partial charge >= 0.3 is 30.6 Å². The molecule has 7 heteroatoms. The van der Waals surface area contributed by atoms with E-state index < -0.39 is 18.0 Å². The predicted octanol–water partition coefficient (Wildman–Crippen LogP) is 0.0229. The van der Waals surface area contributed by atoms with Crippen molar-refractivity contribution in [3.63, 3.8) is 0 Å². The Morgan fingerprint density at radius 2 is 1.43 bits per heavy atom. The van der Waals surface area contributed by atoms with Crippen LogP contribution >= 0.6 is 19.3 Å². The van der Waals surface area contributed by atoms with Gasteiger partial charge in [-0.05, 0) is 0 Å². The molecule has 0 fully saturated rings. The molecular weight excluding hydrogens is 284 g/mol.